The van der Waals surface area contributed by atoms with Crippen molar-refractivity contribution in [2.24, 2.45) is 0 Å². The van der Waals surface area contributed by atoms with Gasteiger partial charge >= 0.3 is 0 Å². The molecule has 0 N–H and O–H groups in total. The summed E-state index contributed by atoms with van der Waals surface area (Å²) < 4.78 is 0. The van der Waals surface area contributed by atoms with Gasteiger partial charge < -0.3 is 0 Å². The molecular formula is C6H14NSi. The molecule has 8 heavy (non-hydrogen) atoms. The van der Waals surface area contributed by atoms with Crippen molar-refractivity contribution < 1.29 is 0 Å². The lowest BCUT2D eigenvalue weighted by atomic mass is 10.5. The maximum Gasteiger partial charge on any atom is 0.0437 e. The van der Waals surface area contributed by atoms with Crippen LogP contribution in [0.1, 0.15) is 27.7 Å². The topological polar surface area (TPSA) is 30.5 Å². The minimum atomic E-state index is 0. The molecule has 0 bridgehead atoms. The van der Waals surface area contributed by atoms with E-state index in [1.54, 1.807) is 0 Å². The van der Waals surface area contributed by atoms with Crippen molar-refractivity contribution in [1.29, 1.82) is 0 Å². The second-order valence-electron chi connectivity index (χ2n) is 2.48. The highest BCUT2D eigenvalue weighted by Crippen LogP contribution is 2.07. The smallest absolute Gasteiger partial charge is 0.0437 e. The fourth-order valence-corrected chi connectivity index (χ4v) is 2.00. The largest absolute Gasteiger partial charge is 0.0656 e. The molecule has 47 valence electrons. The molecule has 0 unspecified atom stereocenters. The molecule has 0 aromatic heterocycles. The first kappa shape index (κ1) is 11.0. The van der Waals surface area contributed by atoms with Gasteiger partial charge in [0.05, 0.1) is 0 Å². The van der Waals surface area contributed by atoms with E-state index in [1.807, 2.05) is 0 Å². The number of hydrogen-bond acceptors (Lipinski definition) is 0. The van der Waals surface area contributed by atoms with Crippen LogP contribution in [0.15, 0.2) is 0 Å². The van der Waals surface area contributed by atoms with E-state index in [9.17, 15) is 0 Å². The first-order chi connectivity index (χ1) is 3.13. The normalized spacial score (nSPS) is 9.75. The fourth-order valence-electron chi connectivity index (χ4n) is 0.667. The summed E-state index contributed by atoms with van der Waals surface area (Å²) in [5.74, 6) is 0. The predicted molar refractivity (Wildman–Crippen MR) is 38.1 cm³/mol. The van der Waals surface area contributed by atoms with Crippen LogP contribution in [0.3, 0.4) is 0 Å². The Bertz CT molecular complexity index is 37.8. The Morgan fingerprint density at radius 2 is 1.12 bits per heavy atom. The van der Waals surface area contributed by atoms with Gasteiger partial charge in [0.25, 0.3) is 0 Å². The highest BCUT2D eigenvalue weighted by Gasteiger charge is 1.97. The maximum atomic E-state index is 2.28. The maximum absolute atomic E-state index is 2.28. The van der Waals surface area contributed by atoms with Gasteiger partial charge in [-0.05, 0) is 0 Å². The van der Waals surface area contributed by atoms with Crippen molar-refractivity contribution >= 4 is 9.52 Å². The summed E-state index contributed by atoms with van der Waals surface area (Å²) in [4.78, 5) is 0. The molecular weight excluding hydrogens is 114 g/mol. The Balaban J connectivity index is 0. The molecule has 5 radical (unpaired) electrons. The van der Waals surface area contributed by atoms with Crippen LogP contribution in [0.4, 0.5) is 0 Å². The molecule has 0 spiro atoms. The van der Waals surface area contributed by atoms with E-state index in [0.29, 0.717) is 0 Å². The van der Waals surface area contributed by atoms with E-state index in [1.165, 1.54) is 0 Å². The van der Waals surface area contributed by atoms with E-state index in [4.69, 9.17) is 0 Å². The molecule has 0 atom stereocenters. The van der Waals surface area contributed by atoms with Crippen LogP contribution in [0.2, 0.25) is 11.1 Å². The minimum Gasteiger partial charge on any atom is -0.0656 e. The molecule has 0 aromatic rings. The zero-order valence-electron chi connectivity index (χ0n) is 6.10. The van der Waals surface area contributed by atoms with E-state index in [-0.39, 0.29) is 6.15 Å². The van der Waals surface area contributed by atoms with E-state index in [0.717, 1.165) is 20.6 Å². The van der Waals surface area contributed by atoms with Crippen molar-refractivity contribution in [2.75, 3.05) is 0 Å². The van der Waals surface area contributed by atoms with Gasteiger partial charge in [0.2, 0.25) is 0 Å². The molecule has 0 rings (SSSR count). The fraction of sp³-hybridized carbons (Fsp3) is 1.00. The summed E-state index contributed by atoms with van der Waals surface area (Å²) >= 11 is 0. The van der Waals surface area contributed by atoms with Gasteiger partial charge in [0.1, 0.15) is 0 Å². The molecule has 0 fully saturated rings. The summed E-state index contributed by atoms with van der Waals surface area (Å²) in [6, 6.07) is 0. The van der Waals surface area contributed by atoms with E-state index in [2.05, 4.69) is 27.7 Å². The van der Waals surface area contributed by atoms with Crippen LogP contribution < -0.4 is 6.15 Å². The second kappa shape index (κ2) is 5.32. The molecule has 0 heterocycles. The third-order valence-corrected chi connectivity index (χ3v) is 2.00. The predicted octanol–water partition coefficient (Wildman–Crippen LogP) is 1.87. The molecule has 1 nitrogen and oxygen atoms in total. The summed E-state index contributed by atoms with van der Waals surface area (Å²) in [6.45, 7) is 9.10. The number of rotatable bonds is 2. The standard InChI is InChI=1S/C6H14Si.N/c1-5(2)7-6(3)4;/h5-6H,1-4H3;. The molecule has 2 heteroatoms. The first-order valence-corrected chi connectivity index (χ1v) is 4.04. The van der Waals surface area contributed by atoms with Crippen LogP contribution in [0.5, 0.6) is 0 Å². The van der Waals surface area contributed by atoms with Crippen molar-refractivity contribution in [2.45, 2.75) is 38.8 Å². The van der Waals surface area contributed by atoms with E-state index >= 15 is 0 Å². The number of hydrogen-bond donors (Lipinski definition) is 0. The van der Waals surface area contributed by atoms with Crippen LogP contribution in [-0.4, -0.2) is 9.52 Å². The van der Waals surface area contributed by atoms with Crippen molar-refractivity contribution in [3.63, 3.8) is 0 Å². The Morgan fingerprint density at radius 1 is 0.875 bits per heavy atom. The quantitative estimate of drug-likeness (QED) is 0.508. The van der Waals surface area contributed by atoms with Gasteiger partial charge in [-0.25, -0.2) is 0 Å². The van der Waals surface area contributed by atoms with Crippen LogP contribution in [0.25, 0.3) is 0 Å². The van der Waals surface area contributed by atoms with Gasteiger partial charge in [-0.15, -0.1) is 0 Å². The van der Waals surface area contributed by atoms with Gasteiger partial charge in [-0.1, -0.05) is 38.8 Å². The summed E-state index contributed by atoms with van der Waals surface area (Å²) in [5, 5.41) is 0. The Hall–Kier alpha value is 0.177. The number of nitrogens with zero attached hydrogens (tertiary/aromatic N) is 1. The van der Waals surface area contributed by atoms with Crippen molar-refractivity contribution in [3.05, 3.63) is 0 Å². The van der Waals surface area contributed by atoms with Crippen molar-refractivity contribution in [3.8, 4) is 0 Å². The third-order valence-electron chi connectivity index (χ3n) is 0.667. The zero-order valence-corrected chi connectivity index (χ0v) is 7.10. The lowest BCUT2D eigenvalue weighted by Gasteiger charge is -2.03. The minimum absolute atomic E-state index is 0. The van der Waals surface area contributed by atoms with Gasteiger partial charge in [0, 0.05) is 15.7 Å². The molecule has 0 saturated carbocycles. The summed E-state index contributed by atoms with van der Waals surface area (Å²) in [5.41, 5.74) is 1.81. The monoisotopic (exact) mass is 128 g/mol. The second-order valence-corrected chi connectivity index (χ2v) is 5.12. The Labute approximate surface area is 55.3 Å². The van der Waals surface area contributed by atoms with E-state index < -0.39 is 0 Å². The average molecular weight is 128 g/mol. The molecule has 0 aromatic carbocycles. The van der Waals surface area contributed by atoms with Gasteiger partial charge in [0.15, 0.2) is 0 Å². The summed E-state index contributed by atoms with van der Waals surface area (Å²) in [6.07, 6.45) is 0. The molecule has 0 aliphatic carbocycles. The first-order valence-electron chi connectivity index (χ1n) is 2.89. The van der Waals surface area contributed by atoms with Crippen molar-refractivity contribution in [1.82, 2.24) is 6.15 Å². The highest BCUT2D eigenvalue weighted by atomic mass is 28.2. The summed E-state index contributed by atoms with van der Waals surface area (Å²) in [7, 11) is 1.15. The molecule has 0 aliphatic rings. The van der Waals surface area contributed by atoms with Gasteiger partial charge in [-0.2, -0.15) is 0 Å². The lowest BCUT2D eigenvalue weighted by Crippen LogP contribution is -1.98. The van der Waals surface area contributed by atoms with Gasteiger partial charge in [-0.3, -0.25) is 0 Å². The Morgan fingerprint density at radius 3 is 1.12 bits per heavy atom. The third kappa shape index (κ3) is 9.49. The Kier molecular flexibility index (Phi) is 7.34. The molecule has 0 aliphatic heterocycles. The van der Waals surface area contributed by atoms with Crippen LogP contribution in [-0.2, 0) is 0 Å². The lowest BCUT2D eigenvalue weighted by molar-refractivity contribution is 0.971. The molecule has 0 amide bonds. The van der Waals surface area contributed by atoms with Crippen LogP contribution >= 0.6 is 0 Å². The van der Waals surface area contributed by atoms with Crippen LogP contribution in [0, 0.1) is 0 Å². The highest BCUT2D eigenvalue weighted by molar-refractivity contribution is 6.38. The zero-order chi connectivity index (χ0) is 5.86. The average Bonchev–Trinajstić information content (AvgIpc) is 1.27. The SMILES string of the molecule is CC(C)[Si]C(C)C.[N]. The molecule has 0 saturated heterocycles.